The monoisotopic (exact) mass is 336 g/mol. The minimum absolute atomic E-state index is 0.159. The number of benzene rings is 1. The second-order valence-corrected chi connectivity index (χ2v) is 7.21. The Hall–Kier alpha value is -1.50. The Bertz CT molecular complexity index is 748. The van der Waals surface area contributed by atoms with Crippen molar-refractivity contribution in [2.24, 2.45) is 0 Å². The lowest BCUT2D eigenvalue weighted by Gasteiger charge is -2.26. The average molecular weight is 336 g/mol. The Kier molecular flexibility index (Phi) is 5.25. The maximum atomic E-state index is 12.4. The summed E-state index contributed by atoms with van der Waals surface area (Å²) in [5.41, 5.74) is -0.477. The predicted molar refractivity (Wildman–Crippen MR) is 88.6 cm³/mol. The topological polar surface area (TPSA) is 65.7 Å². The first-order valence-corrected chi connectivity index (χ1v) is 9.24. The van der Waals surface area contributed by atoms with Crippen molar-refractivity contribution in [3.8, 4) is 0 Å². The van der Waals surface area contributed by atoms with Gasteiger partial charge in [0.15, 0.2) is 17.2 Å². The van der Waals surface area contributed by atoms with Crippen molar-refractivity contribution >= 4 is 21.8 Å². The number of para-hydroxylation sites is 1. The molecular formula is C17H20O5S. The van der Waals surface area contributed by atoms with E-state index in [1.165, 1.54) is 6.07 Å². The lowest BCUT2D eigenvalue weighted by atomic mass is 10.2. The molecule has 0 aliphatic carbocycles. The van der Waals surface area contributed by atoms with Gasteiger partial charge in [0.05, 0.1) is 16.2 Å². The van der Waals surface area contributed by atoms with Gasteiger partial charge in [0.1, 0.15) is 11.3 Å². The number of hydrogen-bond donors (Lipinski definition) is 0. The summed E-state index contributed by atoms with van der Waals surface area (Å²) in [5.74, 6) is 0.705. The van der Waals surface area contributed by atoms with Crippen molar-refractivity contribution < 1.29 is 18.1 Å². The molecule has 0 bridgehead atoms. The summed E-state index contributed by atoms with van der Waals surface area (Å²) in [6.45, 7) is 2.45. The molecule has 0 spiro atoms. The summed E-state index contributed by atoms with van der Waals surface area (Å²) >= 11 is 0. The normalized spacial score (nSPS) is 21.2. The second kappa shape index (κ2) is 7.38. The summed E-state index contributed by atoms with van der Waals surface area (Å²) in [4.78, 5) is 12.3. The third-order valence-electron chi connectivity index (χ3n) is 3.82. The Labute approximate surface area is 137 Å². The Morgan fingerprint density at radius 3 is 2.91 bits per heavy atom. The van der Waals surface area contributed by atoms with Crippen LogP contribution in [0.5, 0.6) is 0 Å². The van der Waals surface area contributed by atoms with Crippen molar-refractivity contribution in [2.45, 2.75) is 37.9 Å². The van der Waals surface area contributed by atoms with E-state index < -0.39 is 22.5 Å². The number of hydrogen-bond acceptors (Lipinski definition) is 5. The molecule has 1 fully saturated rings. The van der Waals surface area contributed by atoms with E-state index in [-0.39, 0.29) is 5.43 Å². The van der Waals surface area contributed by atoms with Gasteiger partial charge in [-0.3, -0.25) is 9.00 Å². The van der Waals surface area contributed by atoms with Gasteiger partial charge >= 0.3 is 0 Å². The van der Waals surface area contributed by atoms with Crippen LogP contribution in [0.1, 0.15) is 37.4 Å². The van der Waals surface area contributed by atoms with E-state index in [1.807, 2.05) is 6.92 Å². The highest BCUT2D eigenvalue weighted by molar-refractivity contribution is 7.85. The van der Waals surface area contributed by atoms with E-state index in [0.29, 0.717) is 29.1 Å². The first kappa shape index (κ1) is 16.4. The molecule has 1 aromatic carbocycles. The van der Waals surface area contributed by atoms with Crippen LogP contribution in [0.3, 0.4) is 0 Å². The molecule has 2 heterocycles. The van der Waals surface area contributed by atoms with E-state index in [9.17, 15) is 9.00 Å². The molecule has 0 N–H and O–H groups in total. The average Bonchev–Trinajstić information content (AvgIpc) is 2.60. The van der Waals surface area contributed by atoms with Crippen molar-refractivity contribution in [3.63, 3.8) is 0 Å². The largest absolute Gasteiger partial charge is 0.457 e. The molecule has 3 unspecified atom stereocenters. The Morgan fingerprint density at radius 1 is 1.35 bits per heavy atom. The summed E-state index contributed by atoms with van der Waals surface area (Å²) in [7, 11) is -1.30. The maximum absolute atomic E-state index is 12.4. The Morgan fingerprint density at radius 2 is 2.17 bits per heavy atom. The molecule has 1 aromatic heterocycles. The number of rotatable bonds is 5. The van der Waals surface area contributed by atoms with Gasteiger partial charge in [0.25, 0.3) is 0 Å². The van der Waals surface area contributed by atoms with Crippen LogP contribution in [0.25, 0.3) is 11.0 Å². The van der Waals surface area contributed by atoms with Crippen LogP contribution in [0.2, 0.25) is 0 Å². The first-order valence-electron chi connectivity index (χ1n) is 7.86. The summed E-state index contributed by atoms with van der Waals surface area (Å²) in [6, 6.07) is 8.40. The highest BCUT2D eigenvalue weighted by Crippen LogP contribution is 2.28. The van der Waals surface area contributed by atoms with Gasteiger partial charge in [0.2, 0.25) is 0 Å². The van der Waals surface area contributed by atoms with Crippen molar-refractivity contribution in [1.82, 2.24) is 0 Å². The van der Waals surface area contributed by atoms with E-state index in [1.54, 1.807) is 24.3 Å². The molecule has 124 valence electrons. The molecular weight excluding hydrogens is 316 g/mol. The quantitative estimate of drug-likeness (QED) is 0.839. The molecule has 1 aliphatic rings. The second-order valence-electron chi connectivity index (χ2n) is 5.44. The Balaban J connectivity index is 1.95. The fourth-order valence-electron chi connectivity index (χ4n) is 2.61. The molecule has 0 saturated carbocycles. The fraction of sp³-hybridized carbons (Fsp3) is 0.471. The summed E-state index contributed by atoms with van der Waals surface area (Å²) in [5, 5.41) is 0.506. The zero-order valence-corrected chi connectivity index (χ0v) is 13.8. The maximum Gasteiger partial charge on any atom is 0.193 e. The van der Waals surface area contributed by atoms with Gasteiger partial charge in [-0.05, 0) is 31.4 Å². The molecule has 23 heavy (non-hydrogen) atoms. The molecule has 6 heteroatoms. The third kappa shape index (κ3) is 3.71. The predicted octanol–water partition coefficient (Wildman–Crippen LogP) is 3.10. The van der Waals surface area contributed by atoms with Crippen LogP contribution < -0.4 is 5.43 Å². The fourth-order valence-corrected chi connectivity index (χ4v) is 3.53. The van der Waals surface area contributed by atoms with Crippen molar-refractivity contribution in [3.05, 3.63) is 46.3 Å². The van der Waals surface area contributed by atoms with Crippen LogP contribution in [0.4, 0.5) is 0 Å². The van der Waals surface area contributed by atoms with E-state index in [0.717, 1.165) is 19.3 Å². The third-order valence-corrected chi connectivity index (χ3v) is 5.21. The van der Waals surface area contributed by atoms with E-state index in [2.05, 4.69) is 0 Å². The van der Waals surface area contributed by atoms with Crippen molar-refractivity contribution in [1.29, 1.82) is 0 Å². The molecule has 0 radical (unpaired) electrons. The summed E-state index contributed by atoms with van der Waals surface area (Å²) < 4.78 is 29.6. The minimum Gasteiger partial charge on any atom is -0.457 e. The molecule has 2 aromatic rings. The van der Waals surface area contributed by atoms with Crippen LogP contribution in [0.15, 0.2) is 39.5 Å². The smallest absolute Gasteiger partial charge is 0.193 e. The van der Waals surface area contributed by atoms with Crippen molar-refractivity contribution in [2.75, 3.05) is 12.4 Å². The highest BCUT2D eigenvalue weighted by atomic mass is 32.2. The number of fused-ring (bicyclic) bond motifs is 1. The summed E-state index contributed by atoms with van der Waals surface area (Å²) in [6.07, 6.45) is 2.38. The van der Waals surface area contributed by atoms with Crippen LogP contribution in [0, 0.1) is 0 Å². The van der Waals surface area contributed by atoms with Gasteiger partial charge in [-0.2, -0.15) is 0 Å². The van der Waals surface area contributed by atoms with Gasteiger partial charge in [-0.25, -0.2) is 0 Å². The van der Waals surface area contributed by atoms with E-state index >= 15 is 0 Å². The zero-order valence-electron chi connectivity index (χ0n) is 13.0. The molecule has 3 rings (SSSR count). The highest BCUT2D eigenvalue weighted by Gasteiger charge is 2.27. The standard InChI is InChI=1S/C17H20O5S/c1-2-23(19)17(22-16-9-5-6-10-20-16)15-11-13(18)12-7-3-4-8-14(12)21-15/h3-4,7-8,11,16-17H,2,5-6,9-10H2,1H3. The molecule has 3 atom stereocenters. The SMILES string of the molecule is CCS(=O)C(OC1CCCCO1)c1cc(=O)c2ccccc2o1. The van der Waals surface area contributed by atoms with Crippen LogP contribution >= 0.6 is 0 Å². The zero-order chi connectivity index (χ0) is 16.2. The van der Waals surface area contributed by atoms with Crippen LogP contribution in [-0.2, 0) is 20.3 Å². The van der Waals surface area contributed by atoms with Gasteiger partial charge in [-0.1, -0.05) is 19.1 Å². The number of ether oxygens (including phenoxy) is 2. The molecule has 5 nitrogen and oxygen atoms in total. The van der Waals surface area contributed by atoms with E-state index in [4.69, 9.17) is 13.9 Å². The van der Waals surface area contributed by atoms with Gasteiger partial charge in [-0.15, -0.1) is 0 Å². The van der Waals surface area contributed by atoms with Gasteiger partial charge in [0, 0.05) is 18.4 Å². The van der Waals surface area contributed by atoms with Crippen LogP contribution in [-0.4, -0.2) is 22.9 Å². The first-order chi connectivity index (χ1) is 11.2. The lowest BCUT2D eigenvalue weighted by molar-refractivity contribution is -0.174. The lowest BCUT2D eigenvalue weighted by Crippen LogP contribution is -2.27. The minimum atomic E-state index is -1.30. The molecule has 1 aliphatic heterocycles. The molecule has 1 saturated heterocycles. The van der Waals surface area contributed by atoms with Gasteiger partial charge < -0.3 is 13.9 Å². The molecule has 0 amide bonds.